The van der Waals surface area contributed by atoms with Crippen molar-refractivity contribution in [3.05, 3.63) is 163 Å². The van der Waals surface area contributed by atoms with Crippen molar-refractivity contribution < 1.29 is 29.0 Å². The zero-order valence-corrected chi connectivity index (χ0v) is 35.1. The molecule has 6 rings (SSSR count). The largest absolute Gasteiger partial charge is 0.483 e. The van der Waals surface area contributed by atoms with Gasteiger partial charge >= 0.3 is 0 Å². The van der Waals surface area contributed by atoms with Gasteiger partial charge in [0, 0.05) is 35.9 Å². The topological polar surface area (TPSA) is 187 Å². The fraction of sp³-hybridized carbons (Fsp3) is 0.306. The summed E-state index contributed by atoms with van der Waals surface area (Å²) < 4.78 is 5.94. The minimum atomic E-state index is -1.26. The van der Waals surface area contributed by atoms with Gasteiger partial charge in [-0.05, 0) is 59.9 Å². The van der Waals surface area contributed by atoms with Crippen LogP contribution in [0.2, 0.25) is 0 Å². The van der Waals surface area contributed by atoms with Crippen LogP contribution in [0.5, 0.6) is 5.75 Å². The lowest BCUT2D eigenvalue weighted by molar-refractivity contribution is -0.135. The van der Waals surface area contributed by atoms with Gasteiger partial charge in [0.2, 0.25) is 17.7 Å². The van der Waals surface area contributed by atoms with Crippen LogP contribution in [0.25, 0.3) is 10.8 Å². The molecule has 4 amide bonds. The summed E-state index contributed by atoms with van der Waals surface area (Å²) >= 11 is 0. The molecular weight excluding hydrogens is 783 g/mol. The SMILES string of the molecule is CC[C@H](C)[C@H](NC(=O)[C@H](Cc1ccccc1)[C@@H](O)C[C@H](Cc1ccccc1)NC(=O)[C@H](Cc1cnc[nH]1)NC(=O)COc1cccc2ccccc12)C(=O)NCc1ccccn1. The number of aliphatic hydroxyl groups is 1. The molecule has 0 aliphatic rings. The summed E-state index contributed by atoms with van der Waals surface area (Å²) in [5, 5.41) is 25.8. The number of ether oxygens (including phenoxy) is 1. The number of H-pyrrole nitrogens is 1. The van der Waals surface area contributed by atoms with Crippen LogP contribution >= 0.6 is 0 Å². The number of amides is 4. The highest BCUT2D eigenvalue weighted by Crippen LogP contribution is 2.25. The van der Waals surface area contributed by atoms with Crippen LogP contribution in [0.4, 0.5) is 0 Å². The maximum absolute atomic E-state index is 14.4. The Morgan fingerprint density at radius 2 is 1.44 bits per heavy atom. The van der Waals surface area contributed by atoms with Crippen LogP contribution in [-0.4, -0.2) is 74.5 Å². The maximum atomic E-state index is 14.4. The van der Waals surface area contributed by atoms with E-state index in [1.165, 1.54) is 6.33 Å². The van der Waals surface area contributed by atoms with Crippen LogP contribution < -0.4 is 26.0 Å². The Labute approximate surface area is 362 Å². The molecule has 6 aromatic rings. The number of imidazole rings is 1. The molecule has 0 saturated carbocycles. The molecule has 62 heavy (non-hydrogen) atoms. The monoisotopic (exact) mass is 837 g/mol. The van der Waals surface area contributed by atoms with Crippen molar-refractivity contribution in [1.82, 2.24) is 36.2 Å². The van der Waals surface area contributed by atoms with Gasteiger partial charge in [0.25, 0.3) is 5.91 Å². The summed E-state index contributed by atoms with van der Waals surface area (Å²) in [6, 6.07) is 35.0. The summed E-state index contributed by atoms with van der Waals surface area (Å²) in [6.45, 7) is 3.71. The van der Waals surface area contributed by atoms with E-state index in [0.29, 0.717) is 30.0 Å². The molecular formula is C49H55N7O6. The Morgan fingerprint density at radius 1 is 0.742 bits per heavy atom. The molecule has 0 aliphatic carbocycles. The zero-order chi connectivity index (χ0) is 43.7. The standard InChI is InChI=1S/C49H55N7O6/c1-3-33(2)46(49(61)52-30-37-21-12-13-24-51-37)56-47(59)41(26-35-17-8-5-9-18-35)43(57)28-38(25-34-15-6-4-7-16-34)54-48(60)42(27-39-29-50-32-53-39)55-45(58)31-62-44-23-14-20-36-19-10-11-22-40(36)44/h4-24,29,32-33,38,41-43,46,57H,3,25-28,30-31H2,1-2H3,(H,50,53)(H,52,61)(H,54,60)(H,55,58)(H,56,59)/t33-,38-,41+,42-,43-,46-/m0/s1. The summed E-state index contributed by atoms with van der Waals surface area (Å²) in [5.41, 5.74) is 3.02. The average Bonchev–Trinajstić information content (AvgIpc) is 3.82. The first-order valence-corrected chi connectivity index (χ1v) is 21.1. The molecule has 6 atom stereocenters. The Kier molecular flexibility index (Phi) is 16.3. The number of pyridine rings is 1. The number of benzene rings is 4. The number of aromatic amines is 1. The molecule has 2 aromatic heterocycles. The van der Waals surface area contributed by atoms with Gasteiger partial charge in [-0.15, -0.1) is 0 Å². The van der Waals surface area contributed by atoms with Gasteiger partial charge < -0.3 is 36.1 Å². The van der Waals surface area contributed by atoms with Gasteiger partial charge in [0.05, 0.1) is 30.6 Å². The summed E-state index contributed by atoms with van der Waals surface area (Å²) in [6.07, 6.45) is 4.68. The summed E-state index contributed by atoms with van der Waals surface area (Å²) in [7, 11) is 0. The highest BCUT2D eigenvalue weighted by atomic mass is 16.5. The molecule has 4 aromatic carbocycles. The van der Waals surface area contributed by atoms with Gasteiger partial charge in [-0.1, -0.05) is 123 Å². The number of hydrogen-bond acceptors (Lipinski definition) is 8. The van der Waals surface area contributed by atoms with Crippen LogP contribution in [0, 0.1) is 11.8 Å². The molecule has 2 heterocycles. The van der Waals surface area contributed by atoms with Crippen molar-refractivity contribution in [3.8, 4) is 5.75 Å². The number of aliphatic hydroxyl groups excluding tert-OH is 1. The van der Waals surface area contributed by atoms with Crippen molar-refractivity contribution >= 4 is 34.4 Å². The average molecular weight is 838 g/mol. The van der Waals surface area contributed by atoms with Crippen molar-refractivity contribution in [3.63, 3.8) is 0 Å². The third-order valence-electron chi connectivity index (χ3n) is 11.0. The highest BCUT2D eigenvalue weighted by molar-refractivity contribution is 5.91. The quantitative estimate of drug-likeness (QED) is 0.0535. The smallest absolute Gasteiger partial charge is 0.258 e. The first-order chi connectivity index (χ1) is 30.2. The first kappa shape index (κ1) is 44.7. The lowest BCUT2D eigenvalue weighted by Crippen LogP contribution is -2.54. The molecule has 0 spiro atoms. The summed E-state index contributed by atoms with van der Waals surface area (Å²) in [4.78, 5) is 67.2. The second-order valence-corrected chi connectivity index (χ2v) is 15.6. The fourth-order valence-electron chi connectivity index (χ4n) is 7.40. The Hall–Kier alpha value is -6.86. The second-order valence-electron chi connectivity index (χ2n) is 15.6. The van der Waals surface area contributed by atoms with Crippen LogP contribution in [0.15, 0.2) is 140 Å². The van der Waals surface area contributed by atoms with Crippen molar-refractivity contribution in [2.75, 3.05) is 6.61 Å². The molecule has 13 nitrogen and oxygen atoms in total. The third-order valence-corrected chi connectivity index (χ3v) is 11.0. The molecule has 322 valence electrons. The maximum Gasteiger partial charge on any atom is 0.258 e. The number of nitrogens with zero attached hydrogens (tertiary/aromatic N) is 2. The minimum absolute atomic E-state index is 0.0135. The fourth-order valence-corrected chi connectivity index (χ4v) is 7.40. The van der Waals surface area contributed by atoms with E-state index < -0.39 is 47.9 Å². The Morgan fingerprint density at radius 3 is 2.13 bits per heavy atom. The van der Waals surface area contributed by atoms with Crippen LogP contribution in [0.3, 0.4) is 0 Å². The predicted octanol–water partition coefficient (Wildman–Crippen LogP) is 5.25. The first-order valence-electron chi connectivity index (χ1n) is 21.1. The molecule has 0 unspecified atom stereocenters. The molecule has 0 bridgehead atoms. The molecule has 6 N–H and O–H groups in total. The lowest BCUT2D eigenvalue weighted by atomic mass is 9.87. The number of fused-ring (bicyclic) bond motifs is 1. The van der Waals surface area contributed by atoms with E-state index in [1.807, 2.05) is 123 Å². The molecule has 13 heteroatoms. The van der Waals surface area contributed by atoms with Crippen molar-refractivity contribution in [2.45, 2.75) is 76.7 Å². The molecule has 0 saturated heterocycles. The normalized spacial score (nSPS) is 14.0. The van der Waals surface area contributed by atoms with Gasteiger partial charge in [-0.25, -0.2) is 4.98 Å². The zero-order valence-electron chi connectivity index (χ0n) is 35.1. The highest BCUT2D eigenvalue weighted by Gasteiger charge is 2.35. The van der Waals surface area contributed by atoms with Crippen molar-refractivity contribution in [2.24, 2.45) is 11.8 Å². The predicted molar refractivity (Wildman–Crippen MR) is 237 cm³/mol. The Balaban J connectivity index is 1.20. The molecule has 0 aliphatic heterocycles. The molecule has 0 radical (unpaired) electrons. The van der Waals surface area contributed by atoms with E-state index in [4.69, 9.17) is 4.74 Å². The number of carbonyl (C=O) groups is 4. The third kappa shape index (κ3) is 13.1. The number of aromatic nitrogens is 3. The van der Waals surface area contributed by atoms with E-state index in [1.54, 1.807) is 24.5 Å². The van der Waals surface area contributed by atoms with Crippen molar-refractivity contribution in [1.29, 1.82) is 0 Å². The van der Waals surface area contributed by atoms with Gasteiger partial charge in [-0.2, -0.15) is 0 Å². The minimum Gasteiger partial charge on any atom is -0.483 e. The van der Waals surface area contributed by atoms with Gasteiger partial charge in [0.1, 0.15) is 17.8 Å². The number of hydrogen-bond donors (Lipinski definition) is 6. The van der Waals surface area contributed by atoms with Crippen LogP contribution in [0.1, 0.15) is 49.2 Å². The lowest BCUT2D eigenvalue weighted by Gasteiger charge is -2.30. The van der Waals surface area contributed by atoms with Gasteiger partial charge in [0.15, 0.2) is 6.61 Å². The number of carbonyl (C=O) groups excluding carboxylic acids is 4. The van der Waals surface area contributed by atoms with E-state index in [9.17, 15) is 24.3 Å². The summed E-state index contributed by atoms with van der Waals surface area (Å²) in [5.74, 6) is -2.50. The van der Waals surface area contributed by atoms with E-state index >= 15 is 0 Å². The van der Waals surface area contributed by atoms with E-state index in [2.05, 4.69) is 36.2 Å². The number of rotatable bonds is 22. The second kappa shape index (κ2) is 22.7. The van der Waals surface area contributed by atoms with Crippen LogP contribution in [-0.2, 0) is 45.0 Å². The number of nitrogens with one attached hydrogen (secondary N) is 5. The van der Waals surface area contributed by atoms with Gasteiger partial charge in [-0.3, -0.25) is 24.2 Å². The van der Waals surface area contributed by atoms with E-state index in [-0.39, 0.29) is 44.2 Å². The Bertz CT molecular complexity index is 2320. The molecule has 0 fully saturated rings. The van der Waals surface area contributed by atoms with E-state index in [0.717, 1.165) is 21.9 Å².